The van der Waals surface area contributed by atoms with Gasteiger partial charge in [0.1, 0.15) is 0 Å². The first-order chi connectivity index (χ1) is 5.41. The van der Waals surface area contributed by atoms with Gasteiger partial charge < -0.3 is 11.7 Å². The van der Waals surface area contributed by atoms with Crippen LogP contribution in [0.2, 0.25) is 0 Å². The van der Waals surface area contributed by atoms with Crippen molar-refractivity contribution in [1.29, 1.82) is 0 Å². The first-order valence-corrected chi connectivity index (χ1v) is 4.31. The van der Waals surface area contributed by atoms with Gasteiger partial charge in [0.2, 0.25) is 0 Å². The van der Waals surface area contributed by atoms with Crippen LogP contribution in [0.5, 0.6) is 0 Å². The third-order valence-corrected chi connectivity index (χ3v) is 0.882. The number of hydrogen-bond acceptors (Lipinski definition) is 2. The van der Waals surface area contributed by atoms with Crippen molar-refractivity contribution < 1.29 is 28.5 Å². The minimum absolute atomic E-state index is 0.619. The van der Waals surface area contributed by atoms with Crippen molar-refractivity contribution in [1.82, 2.24) is 0 Å². The SMILES string of the molecule is CCCCC[C-]=O.[CH2-]C.[O]=[Ti+2]. The van der Waals surface area contributed by atoms with Crippen LogP contribution in [0, 0.1) is 6.92 Å². The van der Waals surface area contributed by atoms with Gasteiger partial charge in [-0.25, -0.2) is 0 Å². The van der Waals surface area contributed by atoms with Crippen molar-refractivity contribution in [2.24, 2.45) is 0 Å². The third kappa shape index (κ3) is 39.0. The van der Waals surface area contributed by atoms with Crippen LogP contribution in [0.1, 0.15) is 39.5 Å². The molecule has 0 saturated carbocycles. The molecule has 0 saturated heterocycles. The quantitative estimate of drug-likeness (QED) is 0.389. The van der Waals surface area contributed by atoms with E-state index in [-0.39, 0.29) is 0 Å². The van der Waals surface area contributed by atoms with Gasteiger partial charge in [-0.05, 0) is 0 Å². The van der Waals surface area contributed by atoms with E-state index in [4.69, 9.17) is 3.32 Å². The Morgan fingerprint density at radius 3 is 2.00 bits per heavy atom. The Hall–Kier alpha value is 0.184. The van der Waals surface area contributed by atoms with Gasteiger partial charge in [0.15, 0.2) is 0 Å². The van der Waals surface area contributed by atoms with E-state index in [1.807, 2.05) is 6.29 Å². The Morgan fingerprint density at radius 2 is 1.73 bits per heavy atom. The molecule has 3 heteroatoms. The summed E-state index contributed by atoms with van der Waals surface area (Å²) in [6.07, 6.45) is 5.83. The van der Waals surface area contributed by atoms with Crippen LogP contribution in [0.4, 0.5) is 0 Å². The average molecular weight is 192 g/mol. The number of rotatable bonds is 4. The van der Waals surface area contributed by atoms with Crippen LogP contribution >= 0.6 is 0 Å². The molecule has 0 N–H and O–H groups in total. The van der Waals surface area contributed by atoms with Gasteiger partial charge >= 0.3 is 23.7 Å². The Morgan fingerprint density at radius 1 is 1.27 bits per heavy atom. The van der Waals surface area contributed by atoms with E-state index in [2.05, 4.69) is 13.8 Å². The van der Waals surface area contributed by atoms with Gasteiger partial charge in [0, 0.05) is 0 Å². The molecule has 0 bridgehead atoms. The molecule has 0 rings (SSSR count). The second kappa shape index (κ2) is 32.0. The molecule has 2 nitrogen and oxygen atoms in total. The molecule has 0 aromatic heterocycles. The Labute approximate surface area is 81.5 Å². The fourth-order valence-electron chi connectivity index (χ4n) is 0.447. The van der Waals surface area contributed by atoms with E-state index in [1.165, 1.54) is 6.42 Å². The summed E-state index contributed by atoms with van der Waals surface area (Å²) in [6.45, 7) is 7.12. The van der Waals surface area contributed by atoms with Crippen molar-refractivity contribution in [3.05, 3.63) is 6.92 Å². The van der Waals surface area contributed by atoms with E-state index in [0.717, 1.165) is 33.2 Å². The molecule has 0 amide bonds. The van der Waals surface area contributed by atoms with Gasteiger partial charge in [-0.1, -0.05) is 26.2 Å². The molecule has 0 atom stereocenters. The molecule has 64 valence electrons. The second-order valence-corrected chi connectivity index (χ2v) is 1.60. The summed E-state index contributed by atoms with van der Waals surface area (Å²) in [6, 6.07) is 0. The molecular formula is C8H16O2Ti. The van der Waals surface area contributed by atoms with Gasteiger partial charge in [-0.15, -0.1) is 0 Å². The standard InChI is InChI=1S/C6H11O.C2H5.O.Ti/c1-2-3-4-5-6-7;1-2;;/h2-5H2,1H3;1H2,2H3;;/q2*-1;;+2. The van der Waals surface area contributed by atoms with Gasteiger partial charge in [0.25, 0.3) is 0 Å². The number of unbranched alkanes of at least 4 members (excludes halogenated alkanes) is 3. The van der Waals surface area contributed by atoms with Crippen molar-refractivity contribution in [2.45, 2.75) is 39.5 Å². The van der Waals surface area contributed by atoms with E-state index in [1.54, 1.807) is 6.92 Å². The van der Waals surface area contributed by atoms with Crippen LogP contribution in [-0.2, 0) is 28.5 Å². The summed E-state index contributed by atoms with van der Waals surface area (Å²) < 4.78 is 8.25. The zero-order valence-electron chi connectivity index (χ0n) is 7.35. The van der Waals surface area contributed by atoms with E-state index >= 15 is 0 Å². The Kier molecular flexibility index (Phi) is 50.3. The summed E-state index contributed by atoms with van der Waals surface area (Å²) in [7, 11) is 0. The molecule has 0 unspecified atom stereocenters. The van der Waals surface area contributed by atoms with Crippen LogP contribution in [0.25, 0.3) is 0 Å². The fraction of sp³-hybridized carbons (Fsp3) is 0.750. The van der Waals surface area contributed by atoms with Gasteiger partial charge in [0.05, 0.1) is 0 Å². The minimum atomic E-state index is 0.619. The molecule has 0 fully saturated rings. The van der Waals surface area contributed by atoms with E-state index < -0.39 is 0 Å². The zero-order valence-corrected chi connectivity index (χ0v) is 8.91. The molecule has 0 spiro atoms. The number of carbonyl (C=O) groups excluding carboxylic acids is 1. The molecule has 0 aliphatic carbocycles. The Balaban J connectivity index is -0.000000138. The molecule has 11 heavy (non-hydrogen) atoms. The Bertz CT molecular complexity index is 58.1. The van der Waals surface area contributed by atoms with Crippen molar-refractivity contribution in [3.63, 3.8) is 0 Å². The van der Waals surface area contributed by atoms with Crippen LogP contribution < -0.4 is 0 Å². The summed E-state index contributed by atoms with van der Waals surface area (Å²) in [5.74, 6) is 0. The molecule has 0 heterocycles. The van der Waals surface area contributed by atoms with E-state index in [9.17, 15) is 4.79 Å². The molecule has 0 radical (unpaired) electrons. The monoisotopic (exact) mass is 192 g/mol. The predicted octanol–water partition coefficient (Wildman–Crippen LogP) is 2.40. The van der Waals surface area contributed by atoms with Gasteiger partial charge in [-0.3, -0.25) is 6.29 Å². The predicted molar refractivity (Wildman–Crippen MR) is 41.6 cm³/mol. The normalized spacial score (nSPS) is 6.64. The van der Waals surface area contributed by atoms with Crippen molar-refractivity contribution >= 4 is 6.29 Å². The topological polar surface area (TPSA) is 34.1 Å². The van der Waals surface area contributed by atoms with Crippen LogP contribution in [-0.4, -0.2) is 6.29 Å². The third-order valence-electron chi connectivity index (χ3n) is 0.882. The average Bonchev–Trinajstić information content (AvgIpc) is 2.13. The molecule has 0 aromatic rings. The second-order valence-electron chi connectivity index (χ2n) is 1.60. The molecule has 0 aromatic carbocycles. The maximum atomic E-state index is 9.55. The molecule has 0 aliphatic heterocycles. The van der Waals surface area contributed by atoms with E-state index in [0.29, 0.717) is 6.42 Å². The van der Waals surface area contributed by atoms with Crippen LogP contribution in [0.3, 0.4) is 0 Å². The first-order valence-electron chi connectivity index (χ1n) is 3.68. The molecular weight excluding hydrogens is 176 g/mol. The van der Waals surface area contributed by atoms with Crippen molar-refractivity contribution in [3.8, 4) is 0 Å². The maximum absolute atomic E-state index is 9.55. The summed E-state index contributed by atoms with van der Waals surface area (Å²) in [4.78, 5) is 9.55. The van der Waals surface area contributed by atoms with Crippen LogP contribution in [0.15, 0.2) is 0 Å². The summed E-state index contributed by atoms with van der Waals surface area (Å²) in [5, 5.41) is 0. The molecule has 0 aliphatic rings. The zero-order chi connectivity index (χ0) is 9.54. The number of hydrogen-bond donors (Lipinski definition) is 0. The first kappa shape index (κ1) is 17.3. The summed E-state index contributed by atoms with van der Waals surface area (Å²) >= 11 is 0.750. The summed E-state index contributed by atoms with van der Waals surface area (Å²) in [5.41, 5.74) is 0. The fourth-order valence-corrected chi connectivity index (χ4v) is 0.447. The van der Waals surface area contributed by atoms with Crippen molar-refractivity contribution in [2.75, 3.05) is 0 Å². The van der Waals surface area contributed by atoms with Gasteiger partial charge in [-0.2, -0.15) is 13.3 Å².